The number of nitrogens with zero attached hydrogens (tertiary/aromatic N) is 10. The summed E-state index contributed by atoms with van der Waals surface area (Å²) in [6.07, 6.45) is 17.8. The van der Waals surface area contributed by atoms with E-state index in [0.29, 0.717) is 57.4 Å². The first kappa shape index (κ1) is 43.8. The Hall–Kier alpha value is -2.73. The number of amides is 2. The van der Waals surface area contributed by atoms with Crippen LogP contribution >= 0.6 is 0 Å². The molecule has 3 saturated carbocycles. The monoisotopic (exact) mass is 793 g/mol. The Balaban J connectivity index is 1.40. The molecule has 2 saturated heterocycles. The molecule has 6 rings (SSSR count). The third kappa shape index (κ3) is 9.21. The summed E-state index contributed by atoms with van der Waals surface area (Å²) in [6.45, 7) is 24.4. The molecule has 1 aromatic heterocycles. The van der Waals surface area contributed by atoms with E-state index in [9.17, 15) is 9.59 Å². The second kappa shape index (κ2) is 17.5. The Bertz CT molecular complexity index is 1430. The number of hydrogen-bond acceptors (Lipinski definition) is 10. The second-order valence-electron chi connectivity index (χ2n) is 20.6. The van der Waals surface area contributed by atoms with Gasteiger partial charge in [-0.15, -0.1) is 0 Å². The fraction of sp³-hybridized carbons (Fsp3) is 0.889. The number of carbonyl (C=O) groups excluding carboxylic acids is 2. The summed E-state index contributed by atoms with van der Waals surface area (Å²) in [5.74, 6) is 2.69. The molecule has 5 aliphatic rings. The fourth-order valence-corrected chi connectivity index (χ4v) is 11.0. The molecule has 3 heterocycles. The Morgan fingerprint density at radius 2 is 0.807 bits per heavy atom. The van der Waals surface area contributed by atoms with E-state index in [-0.39, 0.29) is 22.9 Å². The van der Waals surface area contributed by atoms with Crippen molar-refractivity contribution in [2.45, 2.75) is 199 Å². The molecule has 3 aliphatic carbocycles. The summed E-state index contributed by atoms with van der Waals surface area (Å²) in [5.41, 5.74) is -1.44. The lowest BCUT2D eigenvalue weighted by Crippen LogP contribution is -2.70. The van der Waals surface area contributed by atoms with Crippen molar-refractivity contribution in [2.24, 2.45) is 0 Å². The van der Waals surface area contributed by atoms with Crippen LogP contribution in [0.3, 0.4) is 0 Å². The van der Waals surface area contributed by atoms with E-state index in [1.165, 1.54) is 57.8 Å². The van der Waals surface area contributed by atoms with Crippen LogP contribution in [0.4, 0.5) is 17.8 Å². The lowest BCUT2D eigenvalue weighted by atomic mass is 9.87. The molecule has 0 atom stereocenters. The Kier molecular flexibility index (Phi) is 13.4. The van der Waals surface area contributed by atoms with Gasteiger partial charge in [-0.05, 0) is 115 Å². The minimum absolute atomic E-state index is 0.141. The summed E-state index contributed by atoms with van der Waals surface area (Å²) >= 11 is 0. The summed E-state index contributed by atoms with van der Waals surface area (Å²) in [5, 5.41) is 0. The number of rotatable bonds is 13. The lowest BCUT2D eigenvalue weighted by Gasteiger charge is -2.54. The predicted octanol–water partition coefficient (Wildman–Crippen LogP) is 6.97. The zero-order valence-corrected chi connectivity index (χ0v) is 38.1. The van der Waals surface area contributed by atoms with Crippen LogP contribution in [0.2, 0.25) is 0 Å². The molecule has 1 aromatic rings. The van der Waals surface area contributed by atoms with Gasteiger partial charge in [0.25, 0.3) is 0 Å². The molecule has 57 heavy (non-hydrogen) atoms. The zero-order valence-electron chi connectivity index (χ0n) is 38.1. The summed E-state index contributed by atoms with van der Waals surface area (Å²) in [7, 11) is 4.17. The van der Waals surface area contributed by atoms with Crippen molar-refractivity contribution >= 4 is 29.7 Å². The summed E-state index contributed by atoms with van der Waals surface area (Å²) in [6, 6.07) is 1.04. The van der Waals surface area contributed by atoms with Gasteiger partial charge in [-0.25, -0.2) is 0 Å². The normalized spacial score (nSPS) is 25.2. The maximum atomic E-state index is 14.1. The number of piperazine rings is 2. The van der Waals surface area contributed by atoms with Gasteiger partial charge >= 0.3 is 0 Å². The molecule has 2 amide bonds. The number of likely N-dealkylation sites (N-methyl/N-ethyl adjacent to an activating group) is 2. The van der Waals surface area contributed by atoms with Gasteiger partial charge in [0.05, 0.1) is 11.1 Å². The molecule has 322 valence electrons. The molecule has 0 spiro atoms. The van der Waals surface area contributed by atoms with Crippen molar-refractivity contribution in [1.29, 1.82) is 0 Å². The van der Waals surface area contributed by atoms with E-state index in [2.05, 4.69) is 111 Å². The Morgan fingerprint density at radius 1 is 0.509 bits per heavy atom. The molecule has 5 fully saturated rings. The van der Waals surface area contributed by atoms with Gasteiger partial charge in [-0.1, -0.05) is 57.8 Å². The van der Waals surface area contributed by atoms with Crippen molar-refractivity contribution in [3.8, 4) is 0 Å². The molecule has 2 aliphatic heterocycles. The van der Waals surface area contributed by atoms with E-state index in [0.717, 1.165) is 62.9 Å². The number of aromatic nitrogens is 3. The minimum atomic E-state index is -0.581. The quantitative estimate of drug-likeness (QED) is 0.209. The second-order valence-corrected chi connectivity index (χ2v) is 20.6. The van der Waals surface area contributed by atoms with Gasteiger partial charge in [0.15, 0.2) is 0 Å². The molecule has 0 aromatic carbocycles. The molecular weight excluding hydrogens is 713 g/mol. The van der Waals surface area contributed by atoms with Gasteiger partial charge in [-0.3, -0.25) is 19.4 Å². The SMILES string of the molecule is CCN(c1nc(N(CCN2CC(C)(C)N(C)C(C)(C)C2=O)C2CCCCC2)nc(N(CCN2CC(C)(C)N(C)C(C)(C)C2=O)C2CCCCC2)n1)C1CCCCC1. The number of carbonyl (C=O) groups is 2. The standard InChI is InChI=1S/C45H80N10O2/c1-12-53(34-22-16-13-17-23-34)39-46-40(54(35-24-18-14-19-25-35)30-28-51-32-42(2,3)49(10)44(6,7)37(51)56)48-41(47-39)55(36-26-20-15-21-27-36)31-29-52-33-43(4,5)50(11)45(8,9)38(52)57/h34-36H,12-33H2,1-11H3. The van der Waals surface area contributed by atoms with Crippen molar-refractivity contribution in [3.05, 3.63) is 0 Å². The Morgan fingerprint density at radius 3 is 1.12 bits per heavy atom. The van der Waals surface area contributed by atoms with Crippen LogP contribution in [0.25, 0.3) is 0 Å². The van der Waals surface area contributed by atoms with Crippen molar-refractivity contribution < 1.29 is 9.59 Å². The maximum Gasteiger partial charge on any atom is 0.242 e. The molecule has 0 radical (unpaired) electrons. The van der Waals surface area contributed by atoms with Gasteiger partial charge in [-0.2, -0.15) is 15.0 Å². The van der Waals surface area contributed by atoms with Crippen molar-refractivity contribution in [1.82, 2.24) is 34.6 Å². The highest BCUT2D eigenvalue weighted by atomic mass is 16.2. The van der Waals surface area contributed by atoms with Crippen molar-refractivity contribution in [3.63, 3.8) is 0 Å². The van der Waals surface area contributed by atoms with E-state index in [4.69, 9.17) is 15.0 Å². The fourth-order valence-electron chi connectivity index (χ4n) is 11.0. The smallest absolute Gasteiger partial charge is 0.242 e. The van der Waals surface area contributed by atoms with Gasteiger partial charge in [0.1, 0.15) is 0 Å². The topological polar surface area (TPSA) is 95.5 Å². The summed E-state index contributed by atoms with van der Waals surface area (Å²) < 4.78 is 0. The molecule has 12 heteroatoms. The van der Waals surface area contributed by atoms with Crippen LogP contribution in [-0.2, 0) is 9.59 Å². The number of hydrogen-bond donors (Lipinski definition) is 0. The van der Waals surface area contributed by atoms with Crippen LogP contribution in [0, 0.1) is 0 Å². The summed E-state index contributed by atoms with van der Waals surface area (Å²) in [4.78, 5) is 60.7. The van der Waals surface area contributed by atoms with Gasteiger partial charge < -0.3 is 24.5 Å². The van der Waals surface area contributed by atoms with Crippen LogP contribution in [-0.4, -0.2) is 147 Å². The van der Waals surface area contributed by atoms with E-state index >= 15 is 0 Å². The van der Waals surface area contributed by atoms with Crippen LogP contribution in [0.1, 0.15) is 159 Å². The average molecular weight is 793 g/mol. The average Bonchev–Trinajstić information content (AvgIpc) is 3.19. The van der Waals surface area contributed by atoms with Crippen LogP contribution in [0.5, 0.6) is 0 Å². The zero-order chi connectivity index (χ0) is 41.3. The van der Waals surface area contributed by atoms with E-state index < -0.39 is 11.1 Å². The molecule has 12 nitrogen and oxygen atoms in total. The minimum Gasteiger partial charge on any atom is -0.338 e. The predicted molar refractivity (Wildman–Crippen MR) is 233 cm³/mol. The third-order valence-electron chi connectivity index (χ3n) is 15.2. The first-order chi connectivity index (χ1) is 26.9. The Labute approximate surface area is 346 Å². The molecular formula is C45H80N10O2. The lowest BCUT2D eigenvalue weighted by molar-refractivity contribution is -0.157. The van der Waals surface area contributed by atoms with E-state index in [1.54, 1.807) is 0 Å². The molecule has 0 N–H and O–H groups in total. The van der Waals surface area contributed by atoms with Crippen molar-refractivity contribution in [2.75, 3.05) is 74.6 Å². The van der Waals surface area contributed by atoms with Crippen LogP contribution < -0.4 is 14.7 Å². The van der Waals surface area contributed by atoms with Gasteiger partial charge in [0, 0.05) is 75.0 Å². The highest BCUT2D eigenvalue weighted by molar-refractivity contribution is 5.87. The maximum absolute atomic E-state index is 14.1. The first-order valence-corrected chi connectivity index (χ1v) is 23.0. The van der Waals surface area contributed by atoms with Crippen LogP contribution in [0.15, 0.2) is 0 Å². The highest BCUT2D eigenvalue weighted by Crippen LogP contribution is 2.36. The first-order valence-electron chi connectivity index (χ1n) is 23.0. The number of anilines is 3. The van der Waals surface area contributed by atoms with Gasteiger partial charge in [0.2, 0.25) is 29.7 Å². The molecule has 0 unspecified atom stereocenters. The van der Waals surface area contributed by atoms with E-state index in [1.807, 2.05) is 0 Å². The largest absolute Gasteiger partial charge is 0.338 e. The molecule has 0 bridgehead atoms. The third-order valence-corrected chi connectivity index (χ3v) is 15.2. The highest BCUT2D eigenvalue weighted by Gasteiger charge is 2.49.